The van der Waals surface area contributed by atoms with Crippen LogP contribution < -0.4 is 41.3 Å². The van der Waals surface area contributed by atoms with Crippen LogP contribution in [-0.2, 0) is 38.6 Å². The van der Waals surface area contributed by atoms with Crippen LogP contribution >= 0.6 is 0 Å². The van der Waals surface area contributed by atoms with E-state index in [2.05, 4.69) is 101 Å². The van der Waals surface area contributed by atoms with Gasteiger partial charge in [0.1, 0.15) is 20.7 Å². The van der Waals surface area contributed by atoms with Crippen molar-refractivity contribution in [1.82, 2.24) is 0 Å². The van der Waals surface area contributed by atoms with Gasteiger partial charge >= 0.3 is 5.97 Å². The van der Waals surface area contributed by atoms with Gasteiger partial charge in [-0.05, 0) is 133 Å². The average molecular weight is 991 g/mol. The van der Waals surface area contributed by atoms with Gasteiger partial charge in [0.05, 0.1) is 26.8 Å². The van der Waals surface area contributed by atoms with Crippen molar-refractivity contribution >= 4 is 52.3 Å². The summed E-state index contributed by atoms with van der Waals surface area (Å²) in [4.78, 5) is 48.5. The number of nitrogens with zero attached hydrogens (tertiary/aromatic N) is 4. The second kappa shape index (κ2) is 15.6. The molecule has 11 rings (SSSR count). The lowest BCUT2D eigenvalue weighted by Gasteiger charge is -2.39. The Hall–Kier alpha value is -7.41. The topological polar surface area (TPSA) is 160 Å². The number of carboxylic acids is 1. The maximum absolute atomic E-state index is 14.1. The molecule has 0 atom stereocenters. The van der Waals surface area contributed by atoms with E-state index in [9.17, 15) is 29.7 Å². The minimum absolute atomic E-state index is 0.0565. The molecule has 378 valence electrons. The van der Waals surface area contributed by atoms with Gasteiger partial charge in [-0.25, -0.2) is 9.68 Å². The lowest BCUT2D eigenvalue weighted by molar-refractivity contribution is -0.400. The highest BCUT2D eigenvalue weighted by molar-refractivity contribution is 6.17. The summed E-state index contributed by atoms with van der Waals surface area (Å²) in [5.74, 6) is -1.56. The number of anilines is 2. The third-order valence-electron chi connectivity index (χ3n) is 17.8. The second-order valence-corrected chi connectivity index (χ2v) is 23.6. The largest absolute Gasteiger partial charge is 0.872 e. The maximum Gasteiger partial charge on any atom is 0.335 e. The Labute approximate surface area is 430 Å². The summed E-state index contributed by atoms with van der Waals surface area (Å²) in [6.45, 7) is 23.9. The summed E-state index contributed by atoms with van der Waals surface area (Å²) in [6, 6.07) is 20.0. The molecular weight excluding hydrogens is 929 g/mol. The third-order valence-corrected chi connectivity index (χ3v) is 17.8. The molecule has 6 aliphatic rings. The number of fused-ring (bicyclic) bond motifs is 7. The predicted octanol–water partition coefficient (Wildman–Crippen LogP) is 6.81. The summed E-state index contributed by atoms with van der Waals surface area (Å²) in [6.07, 6.45) is 7.01. The first-order valence-electron chi connectivity index (χ1n) is 25.3. The Bertz CT molecular complexity index is 3860. The van der Waals surface area contributed by atoms with E-state index >= 15 is 0 Å². The lowest BCUT2D eigenvalue weighted by Crippen LogP contribution is -2.65. The Balaban J connectivity index is 0.919. The van der Waals surface area contributed by atoms with E-state index in [0.717, 1.165) is 84.5 Å². The van der Waals surface area contributed by atoms with E-state index in [1.807, 2.05) is 68.7 Å². The van der Waals surface area contributed by atoms with Crippen LogP contribution in [0.1, 0.15) is 125 Å². The third kappa shape index (κ3) is 6.30. The van der Waals surface area contributed by atoms with Crippen molar-refractivity contribution in [3.8, 4) is 11.1 Å². The average Bonchev–Trinajstić information content (AvgIpc) is 3.93. The molecule has 0 spiro atoms. The molecule has 74 heavy (non-hydrogen) atoms. The zero-order valence-electron chi connectivity index (χ0n) is 44.6. The van der Waals surface area contributed by atoms with E-state index in [4.69, 9.17) is 5.26 Å². The zero-order chi connectivity index (χ0) is 53.4. The molecule has 5 aromatic carbocycles. The molecule has 4 heterocycles. The van der Waals surface area contributed by atoms with Crippen molar-refractivity contribution in [3.05, 3.63) is 182 Å². The highest BCUT2D eigenvalue weighted by atomic mass is 17.1. The van der Waals surface area contributed by atoms with Gasteiger partial charge in [-0.15, -0.1) is 0 Å². The molecule has 0 bridgehead atoms. The van der Waals surface area contributed by atoms with Gasteiger partial charge in [-0.1, -0.05) is 65.2 Å². The van der Waals surface area contributed by atoms with Crippen LogP contribution in [0.4, 0.5) is 22.7 Å². The Morgan fingerprint density at radius 2 is 1.12 bits per heavy atom. The van der Waals surface area contributed by atoms with Crippen molar-refractivity contribution in [3.63, 3.8) is 0 Å². The van der Waals surface area contributed by atoms with E-state index in [-0.39, 0.29) is 56.1 Å². The predicted molar refractivity (Wildman–Crippen MR) is 286 cm³/mol. The maximum atomic E-state index is 14.1. The van der Waals surface area contributed by atoms with Crippen LogP contribution in [0.5, 0.6) is 0 Å². The lowest BCUT2D eigenvalue weighted by atomic mass is 9.78. The Morgan fingerprint density at radius 3 is 1.69 bits per heavy atom. The molecule has 4 aliphatic heterocycles. The van der Waals surface area contributed by atoms with Crippen molar-refractivity contribution in [2.24, 2.45) is 0 Å². The van der Waals surface area contributed by atoms with Gasteiger partial charge in [0, 0.05) is 88.0 Å². The smallest absolute Gasteiger partial charge is 0.335 e. The van der Waals surface area contributed by atoms with Gasteiger partial charge in [0.25, 0.3) is 0 Å². The molecule has 0 unspecified atom stereocenters. The molecular formula is C62H62N4O8. The minimum atomic E-state index is -1.02. The number of aromatic carboxylic acids is 1. The molecule has 0 saturated heterocycles. The quantitative estimate of drug-likeness (QED) is 0.0962. The van der Waals surface area contributed by atoms with Crippen LogP contribution in [0.3, 0.4) is 0 Å². The van der Waals surface area contributed by atoms with Crippen LogP contribution in [-0.4, -0.2) is 64.6 Å². The number of hydrogen-bond donors (Lipinski definition) is 2. The van der Waals surface area contributed by atoms with Crippen molar-refractivity contribution in [1.29, 1.82) is 0 Å². The van der Waals surface area contributed by atoms with Crippen LogP contribution in [0.25, 0.3) is 23.3 Å². The monoisotopic (exact) mass is 990 g/mol. The standard InChI is InChI=1S/C62H62N4O8/c1-15-66-48-29-40-34(23-44(48)62(10,11)52(66)27-38-55(69)36(56(38)70)24-49-59(4,5)41-20-31(30-74-73)16-18-45(41)63(49)12)33-22-43-47(28-39(33)58(40,2)3)65(14)51(61(43,8)9)26-37-53(67)35(54(37)68)25-50-60(6,7)42-21-32(57(71)72)17-19-46(42)64(50)13/h16-29H,15,30H2,1-14H3,(H2-2,69,70,71,72,73). The number of likely N-dealkylation sites (N-methyl/N-ethyl adjacent to an activating group) is 2. The molecule has 2 N–H and O–H groups in total. The van der Waals surface area contributed by atoms with E-state index < -0.39 is 33.0 Å². The fraction of sp³-hybridized carbons (Fsp3) is 0.339. The van der Waals surface area contributed by atoms with Crippen molar-refractivity contribution in [2.75, 3.05) is 37.5 Å². The van der Waals surface area contributed by atoms with Crippen LogP contribution in [0, 0.1) is 0 Å². The van der Waals surface area contributed by atoms with Crippen LogP contribution in [0.15, 0.2) is 116 Å². The first-order chi connectivity index (χ1) is 34.6. The normalized spacial score (nSPS) is 20.9. The number of allylic oxidation sites excluding steroid dienone is 4. The highest BCUT2D eigenvalue weighted by Gasteiger charge is 2.50. The summed E-state index contributed by atoms with van der Waals surface area (Å²) >= 11 is 0. The van der Waals surface area contributed by atoms with Gasteiger partial charge in [-0.3, -0.25) is 14.8 Å². The fourth-order valence-corrected chi connectivity index (χ4v) is 13.3. The Morgan fingerprint density at radius 1 is 0.608 bits per heavy atom. The van der Waals surface area contributed by atoms with Crippen molar-refractivity contribution in [2.45, 2.75) is 110 Å². The molecule has 0 fully saturated rings. The second-order valence-electron chi connectivity index (χ2n) is 23.6. The molecule has 12 nitrogen and oxygen atoms in total. The number of hydrogen-bond acceptors (Lipinski definition) is 9. The van der Waals surface area contributed by atoms with Crippen molar-refractivity contribution < 1.29 is 39.4 Å². The van der Waals surface area contributed by atoms with Crippen LogP contribution in [0.2, 0.25) is 0 Å². The summed E-state index contributed by atoms with van der Waals surface area (Å²) < 4.78 is 4.04. The first-order valence-corrected chi connectivity index (χ1v) is 25.3. The molecule has 0 radical (unpaired) electrons. The Kier molecular flexibility index (Phi) is 10.3. The van der Waals surface area contributed by atoms with Gasteiger partial charge < -0.3 is 25.1 Å². The molecule has 2 aliphatic carbocycles. The first kappa shape index (κ1) is 48.8. The SMILES string of the molecule is CCN1C(=CC2=C([O-])C(C=C3N(C)c4ccc(COO)cc4C3(C)C)=C2[O-])C(C)(C)c2cc3c(cc21)C(C)(C)c1cc2c(cc1-3)C(C)(C)C(C=c1c(=O)c(=CC3=[N+](C)c4ccc(C(=O)O)cc4C3(C)C)c1=O)=[N+]2C. The molecule has 0 saturated carbocycles. The number of carboxylic acid groups (broad SMARTS) is 1. The van der Waals surface area contributed by atoms with Gasteiger partial charge in [0.2, 0.25) is 22.2 Å². The van der Waals surface area contributed by atoms with Gasteiger partial charge in [-0.2, -0.15) is 9.15 Å². The molecule has 5 aromatic rings. The summed E-state index contributed by atoms with van der Waals surface area (Å²) in [5.41, 5.74) is 13.8. The number of rotatable bonds is 8. The minimum Gasteiger partial charge on any atom is -0.872 e. The molecule has 12 heteroatoms. The highest BCUT2D eigenvalue weighted by Crippen LogP contribution is 2.58. The fourth-order valence-electron chi connectivity index (χ4n) is 13.3. The molecule has 0 amide bonds. The molecule has 0 aromatic heterocycles. The number of benzene rings is 4. The van der Waals surface area contributed by atoms with E-state index in [1.54, 1.807) is 36.4 Å². The van der Waals surface area contributed by atoms with E-state index in [1.165, 1.54) is 11.1 Å². The zero-order valence-corrected chi connectivity index (χ0v) is 44.6. The van der Waals surface area contributed by atoms with Gasteiger partial charge in [0.15, 0.2) is 11.4 Å². The van der Waals surface area contributed by atoms with E-state index in [0.29, 0.717) is 6.54 Å². The number of carbonyl (C=O) groups is 1. The summed E-state index contributed by atoms with van der Waals surface area (Å²) in [5, 5.41) is 47.2. The summed E-state index contributed by atoms with van der Waals surface area (Å²) in [7, 11) is 5.80.